The maximum absolute atomic E-state index is 12.5. The first-order valence-electron chi connectivity index (χ1n) is 8.18. The molecule has 26 heavy (non-hydrogen) atoms. The molecule has 1 aromatic carbocycles. The maximum Gasteiger partial charge on any atom is 0.269 e. The van der Waals surface area contributed by atoms with Gasteiger partial charge in [-0.15, -0.1) is 0 Å². The molecule has 2 heterocycles. The minimum Gasteiger partial charge on any atom is -0.497 e. The average molecular weight is 355 g/mol. The predicted molar refractivity (Wildman–Crippen MR) is 96.5 cm³/mol. The Morgan fingerprint density at radius 2 is 2.08 bits per heavy atom. The molecular formula is C19H21N3O4. The topological polar surface area (TPSA) is 78.5 Å². The van der Waals surface area contributed by atoms with Crippen LogP contribution in [0.1, 0.15) is 16.1 Å². The van der Waals surface area contributed by atoms with Crippen LogP contribution in [0.5, 0.6) is 11.5 Å². The van der Waals surface area contributed by atoms with Crippen LogP contribution in [0.15, 0.2) is 47.3 Å². The van der Waals surface area contributed by atoms with E-state index in [0.29, 0.717) is 35.9 Å². The Labute approximate surface area is 151 Å². The molecule has 0 fully saturated rings. The second-order valence-corrected chi connectivity index (χ2v) is 5.74. The van der Waals surface area contributed by atoms with Crippen molar-refractivity contribution in [2.75, 3.05) is 20.8 Å². The molecule has 3 rings (SSSR count). The van der Waals surface area contributed by atoms with Crippen molar-refractivity contribution in [3.05, 3.63) is 54.1 Å². The van der Waals surface area contributed by atoms with E-state index in [1.165, 1.54) is 0 Å². The van der Waals surface area contributed by atoms with Crippen molar-refractivity contribution in [2.45, 2.75) is 6.42 Å². The lowest BCUT2D eigenvalue weighted by Gasteiger charge is -2.08. The molecule has 3 aromatic rings. The highest BCUT2D eigenvalue weighted by atomic mass is 16.5. The summed E-state index contributed by atoms with van der Waals surface area (Å²) in [5.41, 5.74) is 2.91. The van der Waals surface area contributed by atoms with E-state index in [2.05, 4.69) is 10.4 Å². The number of carbonyl (C=O) groups is 1. The number of methoxy groups -OCH3 is 2. The van der Waals surface area contributed by atoms with Crippen molar-refractivity contribution in [3.63, 3.8) is 0 Å². The molecule has 0 atom stereocenters. The Morgan fingerprint density at radius 1 is 1.23 bits per heavy atom. The van der Waals surface area contributed by atoms with Crippen LogP contribution >= 0.6 is 0 Å². The number of hydrogen-bond donors (Lipinski definition) is 1. The summed E-state index contributed by atoms with van der Waals surface area (Å²) < 4.78 is 17.2. The second-order valence-electron chi connectivity index (χ2n) is 5.74. The van der Waals surface area contributed by atoms with E-state index in [4.69, 9.17) is 13.9 Å². The van der Waals surface area contributed by atoms with Crippen LogP contribution in [0.4, 0.5) is 0 Å². The number of amides is 1. The van der Waals surface area contributed by atoms with E-state index in [9.17, 15) is 4.79 Å². The van der Waals surface area contributed by atoms with Gasteiger partial charge in [0.1, 0.15) is 17.2 Å². The van der Waals surface area contributed by atoms with Crippen LogP contribution in [-0.2, 0) is 13.5 Å². The summed E-state index contributed by atoms with van der Waals surface area (Å²) >= 11 is 0. The zero-order chi connectivity index (χ0) is 18.5. The van der Waals surface area contributed by atoms with Gasteiger partial charge < -0.3 is 19.2 Å². The SMILES string of the molecule is COc1ccc(OC)c(-c2cc(C(=O)NCCc3ccoc3)n(C)n2)c1. The van der Waals surface area contributed by atoms with Crippen molar-refractivity contribution < 1.29 is 18.7 Å². The van der Waals surface area contributed by atoms with Gasteiger partial charge in [0.15, 0.2) is 0 Å². The molecule has 0 aliphatic carbocycles. The Hall–Kier alpha value is -3.22. The highest BCUT2D eigenvalue weighted by molar-refractivity contribution is 5.94. The third kappa shape index (κ3) is 3.72. The van der Waals surface area contributed by atoms with Crippen LogP contribution < -0.4 is 14.8 Å². The summed E-state index contributed by atoms with van der Waals surface area (Å²) in [6.07, 6.45) is 3.99. The summed E-state index contributed by atoms with van der Waals surface area (Å²) in [6, 6.07) is 9.08. The largest absolute Gasteiger partial charge is 0.497 e. The molecule has 0 saturated heterocycles. The molecule has 2 aromatic heterocycles. The van der Waals surface area contributed by atoms with E-state index in [0.717, 1.165) is 11.1 Å². The fourth-order valence-electron chi connectivity index (χ4n) is 2.67. The molecule has 7 nitrogen and oxygen atoms in total. The van der Waals surface area contributed by atoms with Crippen LogP contribution in [0, 0.1) is 0 Å². The van der Waals surface area contributed by atoms with Gasteiger partial charge in [-0.25, -0.2) is 0 Å². The molecule has 0 aliphatic rings. The van der Waals surface area contributed by atoms with Crippen LogP contribution in [0.2, 0.25) is 0 Å². The highest BCUT2D eigenvalue weighted by Gasteiger charge is 2.17. The molecule has 7 heteroatoms. The third-order valence-electron chi connectivity index (χ3n) is 4.07. The summed E-state index contributed by atoms with van der Waals surface area (Å²) in [5, 5.41) is 7.35. The Bertz CT molecular complexity index is 884. The molecule has 0 radical (unpaired) electrons. The van der Waals surface area contributed by atoms with Gasteiger partial charge in [0, 0.05) is 19.2 Å². The number of furan rings is 1. The first-order valence-corrected chi connectivity index (χ1v) is 8.18. The molecule has 0 saturated carbocycles. The number of hydrogen-bond acceptors (Lipinski definition) is 5. The summed E-state index contributed by atoms with van der Waals surface area (Å²) in [7, 11) is 4.93. The van der Waals surface area contributed by atoms with Gasteiger partial charge in [-0.2, -0.15) is 5.10 Å². The van der Waals surface area contributed by atoms with Crippen molar-refractivity contribution in [2.24, 2.45) is 7.05 Å². The summed E-state index contributed by atoms with van der Waals surface area (Å²) in [4.78, 5) is 12.5. The number of nitrogens with one attached hydrogen (secondary N) is 1. The molecule has 1 amide bonds. The van der Waals surface area contributed by atoms with E-state index in [1.54, 1.807) is 44.5 Å². The minimum atomic E-state index is -0.184. The van der Waals surface area contributed by atoms with Gasteiger partial charge in [0.2, 0.25) is 0 Å². The zero-order valence-electron chi connectivity index (χ0n) is 15.0. The van der Waals surface area contributed by atoms with Crippen LogP contribution in [0.3, 0.4) is 0 Å². The molecular weight excluding hydrogens is 334 g/mol. The standard InChI is InChI=1S/C19H21N3O4/c1-22-17(19(23)20-8-6-13-7-9-26-12-13)11-16(21-22)15-10-14(24-2)4-5-18(15)25-3/h4-5,7,9-12H,6,8H2,1-3H3,(H,20,23). The first kappa shape index (κ1) is 17.6. The monoisotopic (exact) mass is 355 g/mol. The fraction of sp³-hybridized carbons (Fsp3) is 0.263. The van der Waals surface area contributed by atoms with Crippen molar-refractivity contribution in [3.8, 4) is 22.8 Å². The summed E-state index contributed by atoms with van der Waals surface area (Å²) in [5.74, 6) is 1.17. The number of rotatable bonds is 7. The Morgan fingerprint density at radius 3 is 2.77 bits per heavy atom. The normalized spacial score (nSPS) is 10.6. The number of carbonyl (C=O) groups excluding carboxylic acids is 1. The van der Waals surface area contributed by atoms with E-state index in [-0.39, 0.29) is 5.91 Å². The number of aryl methyl sites for hydroxylation is 1. The highest BCUT2D eigenvalue weighted by Crippen LogP contribution is 2.32. The molecule has 0 spiro atoms. The molecule has 1 N–H and O–H groups in total. The van der Waals surface area contributed by atoms with E-state index in [1.807, 2.05) is 24.3 Å². The van der Waals surface area contributed by atoms with Crippen molar-refractivity contribution in [1.82, 2.24) is 15.1 Å². The van der Waals surface area contributed by atoms with Crippen LogP contribution in [0.25, 0.3) is 11.3 Å². The summed E-state index contributed by atoms with van der Waals surface area (Å²) in [6.45, 7) is 0.515. The van der Waals surface area contributed by atoms with Gasteiger partial charge >= 0.3 is 0 Å². The molecule has 0 unspecified atom stereocenters. The number of benzene rings is 1. The maximum atomic E-state index is 12.5. The first-order chi connectivity index (χ1) is 12.6. The van der Waals surface area contributed by atoms with Crippen molar-refractivity contribution >= 4 is 5.91 Å². The Balaban J connectivity index is 1.77. The van der Waals surface area contributed by atoms with Gasteiger partial charge in [0.25, 0.3) is 5.91 Å². The molecule has 136 valence electrons. The zero-order valence-corrected chi connectivity index (χ0v) is 15.0. The molecule has 0 aliphatic heterocycles. The van der Waals surface area contributed by atoms with Crippen LogP contribution in [-0.4, -0.2) is 36.5 Å². The van der Waals surface area contributed by atoms with E-state index < -0.39 is 0 Å². The lowest BCUT2D eigenvalue weighted by atomic mass is 10.1. The second kappa shape index (κ2) is 7.77. The van der Waals surface area contributed by atoms with Gasteiger partial charge in [0.05, 0.1) is 32.4 Å². The van der Waals surface area contributed by atoms with Gasteiger partial charge in [-0.1, -0.05) is 0 Å². The average Bonchev–Trinajstić information content (AvgIpc) is 3.30. The number of aromatic nitrogens is 2. The third-order valence-corrected chi connectivity index (χ3v) is 4.07. The lowest BCUT2D eigenvalue weighted by molar-refractivity contribution is 0.0944. The molecule has 0 bridgehead atoms. The predicted octanol–water partition coefficient (Wildman–Crippen LogP) is 2.67. The fourth-order valence-corrected chi connectivity index (χ4v) is 2.67. The quantitative estimate of drug-likeness (QED) is 0.705. The number of ether oxygens (including phenoxy) is 2. The van der Waals surface area contributed by atoms with E-state index >= 15 is 0 Å². The smallest absolute Gasteiger partial charge is 0.269 e. The van der Waals surface area contributed by atoms with Gasteiger partial charge in [-0.3, -0.25) is 9.48 Å². The number of nitrogens with zero attached hydrogens (tertiary/aromatic N) is 2. The Kier molecular flexibility index (Phi) is 5.26. The lowest BCUT2D eigenvalue weighted by Crippen LogP contribution is -2.27. The minimum absolute atomic E-state index is 0.184. The van der Waals surface area contributed by atoms with Gasteiger partial charge in [-0.05, 0) is 42.3 Å². The van der Waals surface area contributed by atoms with Crippen molar-refractivity contribution in [1.29, 1.82) is 0 Å².